The fourth-order valence-electron chi connectivity index (χ4n) is 3.17. The average Bonchev–Trinajstić information content (AvgIpc) is 2.64. The van der Waals surface area contributed by atoms with Crippen molar-refractivity contribution in [2.45, 2.75) is 26.5 Å². The lowest BCUT2D eigenvalue weighted by atomic mass is 9.94. The quantitative estimate of drug-likeness (QED) is 0.371. The Kier molecular flexibility index (Phi) is 5.75. The maximum Gasteiger partial charge on any atom is 0.452 e. The maximum atomic E-state index is 12.5. The first-order valence-electron chi connectivity index (χ1n) is 9.09. The van der Waals surface area contributed by atoms with Crippen LogP contribution in [0.15, 0.2) is 47.5 Å². The number of guanidine groups is 1. The monoisotopic (exact) mass is 426 g/mol. The molecule has 3 aromatic rings. The highest BCUT2D eigenvalue weighted by Gasteiger charge is 2.22. The first-order chi connectivity index (χ1) is 14.1. The molecule has 0 bridgehead atoms. The molecule has 0 radical (unpaired) electrons. The molecule has 1 amide bonds. The summed E-state index contributed by atoms with van der Waals surface area (Å²) in [6.07, 6.45) is -1.40. The van der Waals surface area contributed by atoms with Gasteiger partial charge in [-0.05, 0) is 55.2 Å². The number of para-hydroxylation sites is 1. The molecule has 9 heteroatoms. The van der Waals surface area contributed by atoms with Gasteiger partial charge >= 0.3 is 16.2 Å². The van der Waals surface area contributed by atoms with Crippen LogP contribution in [-0.2, 0) is 20.1 Å². The number of benzene rings is 2. The highest BCUT2D eigenvalue weighted by atomic mass is 32.2. The summed E-state index contributed by atoms with van der Waals surface area (Å²) in [6, 6.07) is 13.0. The fraction of sp³-hybridized carbons (Fsp3) is 0.190. The molecule has 3 rings (SSSR count). The minimum absolute atomic E-state index is 0.401. The minimum atomic E-state index is -4.32. The van der Waals surface area contributed by atoms with E-state index in [9.17, 15) is 13.2 Å². The smallest absolute Gasteiger partial charge is 0.370 e. The van der Waals surface area contributed by atoms with E-state index in [4.69, 9.17) is 16.5 Å². The summed E-state index contributed by atoms with van der Waals surface area (Å²) in [7, 11) is -4.32. The van der Waals surface area contributed by atoms with Crippen molar-refractivity contribution in [3.8, 4) is 11.3 Å². The number of aromatic nitrogens is 1. The molecule has 0 aliphatic carbocycles. The van der Waals surface area contributed by atoms with Gasteiger partial charge in [0, 0.05) is 10.9 Å². The maximum absolute atomic E-state index is 12.5. The lowest BCUT2D eigenvalue weighted by Gasteiger charge is -2.15. The minimum Gasteiger partial charge on any atom is -0.370 e. The molecule has 0 saturated heterocycles. The van der Waals surface area contributed by atoms with Gasteiger partial charge in [0.25, 0.3) is 0 Å². The van der Waals surface area contributed by atoms with Crippen LogP contribution in [0.3, 0.4) is 0 Å². The second kappa shape index (κ2) is 8.11. The summed E-state index contributed by atoms with van der Waals surface area (Å²) in [5, 5.41) is 0.767. The highest BCUT2D eigenvalue weighted by Crippen LogP contribution is 2.32. The molecule has 4 N–H and O–H groups in total. The molecule has 8 nitrogen and oxygen atoms in total. The van der Waals surface area contributed by atoms with Gasteiger partial charge in [0.2, 0.25) is 0 Å². The van der Waals surface area contributed by atoms with E-state index in [1.54, 1.807) is 6.07 Å². The van der Waals surface area contributed by atoms with Gasteiger partial charge in [-0.2, -0.15) is 8.42 Å². The number of nitrogens with two attached hydrogens (primary N) is 2. The predicted octanol–water partition coefficient (Wildman–Crippen LogP) is 3.07. The van der Waals surface area contributed by atoms with Crippen molar-refractivity contribution >= 4 is 33.1 Å². The van der Waals surface area contributed by atoms with Gasteiger partial charge in [0.15, 0.2) is 5.96 Å². The van der Waals surface area contributed by atoms with E-state index < -0.39 is 27.9 Å². The highest BCUT2D eigenvalue weighted by molar-refractivity contribution is 7.86. The first-order valence-corrected chi connectivity index (χ1v) is 10.7. The number of fused-ring (bicyclic) bond motifs is 1. The largest absolute Gasteiger partial charge is 0.452 e. The SMILES string of the molecule is Cc1ccc(-c2nc3ccccc3cc2CS(=O)(=O)OC(=O)N=C(N)N)c(C)c1C. The second-order valence-corrected chi connectivity index (χ2v) is 8.53. The zero-order chi connectivity index (χ0) is 22.1. The van der Waals surface area contributed by atoms with Gasteiger partial charge in [0.1, 0.15) is 5.75 Å². The molecule has 2 aromatic carbocycles. The van der Waals surface area contributed by atoms with Crippen LogP contribution in [0.5, 0.6) is 0 Å². The molecular formula is C21H22N4O4S. The van der Waals surface area contributed by atoms with E-state index in [1.165, 1.54) is 0 Å². The Hall–Kier alpha value is -3.46. The summed E-state index contributed by atoms with van der Waals surface area (Å²) in [5.74, 6) is -1.16. The van der Waals surface area contributed by atoms with E-state index in [2.05, 4.69) is 9.18 Å². The fourth-order valence-corrected chi connectivity index (χ4v) is 4.08. The van der Waals surface area contributed by atoms with Gasteiger partial charge < -0.3 is 15.7 Å². The summed E-state index contributed by atoms with van der Waals surface area (Å²) < 4.78 is 29.5. The van der Waals surface area contributed by atoms with E-state index in [1.807, 2.05) is 57.2 Å². The average molecular weight is 426 g/mol. The van der Waals surface area contributed by atoms with Crippen molar-refractivity contribution < 1.29 is 17.4 Å². The van der Waals surface area contributed by atoms with Gasteiger partial charge in [-0.15, -0.1) is 4.99 Å². The molecule has 0 aliphatic rings. The summed E-state index contributed by atoms with van der Waals surface area (Å²) in [4.78, 5) is 19.4. The molecule has 1 aromatic heterocycles. The zero-order valence-corrected chi connectivity index (χ0v) is 17.7. The number of amides is 1. The Morgan fingerprint density at radius 3 is 2.47 bits per heavy atom. The molecule has 0 aliphatic heterocycles. The first kappa shape index (κ1) is 21.3. The lowest BCUT2D eigenvalue weighted by molar-refractivity contribution is 0.213. The van der Waals surface area contributed by atoms with Gasteiger partial charge in [0.05, 0.1) is 11.2 Å². The van der Waals surface area contributed by atoms with E-state index in [-0.39, 0.29) is 0 Å². The van der Waals surface area contributed by atoms with Crippen molar-refractivity contribution in [1.29, 1.82) is 0 Å². The molecule has 0 atom stereocenters. The van der Waals surface area contributed by atoms with Crippen LogP contribution < -0.4 is 11.5 Å². The Morgan fingerprint density at radius 1 is 1.07 bits per heavy atom. The lowest BCUT2D eigenvalue weighted by Crippen LogP contribution is -2.25. The topological polar surface area (TPSA) is 138 Å². The van der Waals surface area contributed by atoms with Gasteiger partial charge in [-0.3, -0.25) is 0 Å². The number of aliphatic imine (C=N–C) groups is 1. The van der Waals surface area contributed by atoms with Gasteiger partial charge in [-0.25, -0.2) is 9.78 Å². The summed E-state index contributed by atoms with van der Waals surface area (Å²) >= 11 is 0. The third-order valence-corrected chi connectivity index (χ3v) is 5.93. The third kappa shape index (κ3) is 4.57. The molecule has 1 heterocycles. The Bertz CT molecular complexity index is 1280. The normalized spacial score (nSPS) is 11.3. The van der Waals surface area contributed by atoms with Crippen LogP contribution in [0.1, 0.15) is 22.3 Å². The number of hydrogen-bond acceptors (Lipinski definition) is 5. The number of hydrogen-bond donors (Lipinski definition) is 2. The van der Waals surface area contributed by atoms with Gasteiger partial charge in [-0.1, -0.05) is 30.3 Å². The standard InChI is InChI=1S/C21H22N4O4S/c1-12-8-9-17(14(3)13(12)2)19-16(10-15-6-4-5-7-18(15)24-19)11-30(27,28)29-21(26)25-20(22)23/h4-10H,11H2,1-3H3,(H4,22,23,25,26). The van der Waals surface area contributed by atoms with Crippen LogP contribution in [-0.4, -0.2) is 25.5 Å². The second-order valence-electron chi connectivity index (χ2n) is 6.96. The van der Waals surface area contributed by atoms with Crippen LogP contribution in [0.4, 0.5) is 4.79 Å². The predicted molar refractivity (Wildman–Crippen MR) is 116 cm³/mol. The van der Waals surface area contributed by atoms with Crippen molar-refractivity contribution in [2.75, 3.05) is 0 Å². The number of aryl methyl sites for hydroxylation is 1. The third-order valence-electron chi connectivity index (χ3n) is 4.87. The number of carbonyl (C=O) groups excluding carboxylic acids is 1. The molecule has 0 unspecified atom stereocenters. The summed E-state index contributed by atoms with van der Waals surface area (Å²) in [5.41, 5.74) is 15.8. The zero-order valence-electron chi connectivity index (χ0n) is 16.8. The van der Waals surface area contributed by atoms with Crippen molar-refractivity contribution in [2.24, 2.45) is 16.5 Å². The van der Waals surface area contributed by atoms with Crippen molar-refractivity contribution in [1.82, 2.24) is 4.98 Å². The van der Waals surface area contributed by atoms with Crippen LogP contribution in [0.25, 0.3) is 22.2 Å². The Labute approximate surface area is 174 Å². The van der Waals surface area contributed by atoms with Crippen molar-refractivity contribution in [3.63, 3.8) is 0 Å². The van der Waals surface area contributed by atoms with E-state index in [0.717, 1.165) is 33.2 Å². The Balaban J connectivity index is 2.14. The number of pyridine rings is 1. The van der Waals surface area contributed by atoms with Crippen LogP contribution in [0, 0.1) is 20.8 Å². The number of rotatable bonds is 4. The Morgan fingerprint density at radius 2 is 1.77 bits per heavy atom. The van der Waals surface area contributed by atoms with E-state index in [0.29, 0.717) is 11.3 Å². The molecule has 156 valence electrons. The van der Waals surface area contributed by atoms with E-state index >= 15 is 0 Å². The molecule has 0 fully saturated rings. The number of carbonyl (C=O) groups is 1. The molecule has 0 spiro atoms. The molecule has 30 heavy (non-hydrogen) atoms. The van der Waals surface area contributed by atoms with Crippen LogP contribution in [0.2, 0.25) is 0 Å². The summed E-state index contributed by atoms with van der Waals surface area (Å²) in [6.45, 7) is 5.97. The molecule has 0 saturated carbocycles. The number of nitrogens with zero attached hydrogens (tertiary/aromatic N) is 2. The molecular weight excluding hydrogens is 404 g/mol. The van der Waals surface area contributed by atoms with Crippen molar-refractivity contribution in [3.05, 3.63) is 64.7 Å². The van der Waals surface area contributed by atoms with Crippen LogP contribution >= 0.6 is 0 Å².